The van der Waals surface area contributed by atoms with Gasteiger partial charge in [0.25, 0.3) is 0 Å². The normalized spacial score (nSPS) is 9.12. The Hall–Kier alpha value is -0.700. The molecule has 1 heterocycles. The van der Waals surface area contributed by atoms with E-state index in [0.29, 0.717) is 0 Å². The van der Waals surface area contributed by atoms with Gasteiger partial charge in [-0.1, -0.05) is 12.6 Å². The second-order valence-corrected chi connectivity index (χ2v) is 1.68. The van der Waals surface area contributed by atoms with Crippen molar-refractivity contribution in [2.75, 3.05) is 0 Å². The van der Waals surface area contributed by atoms with Gasteiger partial charge in [0.15, 0.2) is 10.8 Å². The Bertz CT molecular complexity index is 169. The van der Waals surface area contributed by atoms with Gasteiger partial charge >= 0.3 is 0 Å². The van der Waals surface area contributed by atoms with E-state index in [1.54, 1.807) is 0 Å². The monoisotopic (exact) mass is 128 g/mol. The Morgan fingerprint density at radius 3 is 2.75 bits per heavy atom. The fourth-order valence-corrected chi connectivity index (χ4v) is 0.500. The zero-order valence-electron chi connectivity index (χ0n) is 3.97. The van der Waals surface area contributed by atoms with Crippen molar-refractivity contribution in [2.45, 2.75) is 5.03 Å². The van der Waals surface area contributed by atoms with Crippen molar-refractivity contribution in [1.29, 1.82) is 0 Å². The number of aromatic nitrogens is 1. The van der Waals surface area contributed by atoms with Crippen LogP contribution in [0.1, 0.15) is 0 Å². The maximum Gasteiger partial charge on any atom is 0.161 e. The third-order valence-electron chi connectivity index (χ3n) is 0.725. The van der Waals surface area contributed by atoms with Crippen LogP contribution in [-0.2, 0) is 0 Å². The van der Waals surface area contributed by atoms with Crippen molar-refractivity contribution in [2.24, 2.45) is 0 Å². The molecule has 0 aromatic carbocycles. The summed E-state index contributed by atoms with van der Waals surface area (Å²) in [6.07, 6.45) is 1.46. The Balaban J connectivity index is 3.13. The van der Waals surface area contributed by atoms with Crippen LogP contribution in [0.2, 0.25) is 0 Å². The highest BCUT2D eigenvalue weighted by molar-refractivity contribution is 7.80. The van der Waals surface area contributed by atoms with Crippen molar-refractivity contribution >= 4 is 12.6 Å². The van der Waals surface area contributed by atoms with Gasteiger partial charge in [-0.2, -0.15) is 0 Å². The van der Waals surface area contributed by atoms with Gasteiger partial charge in [-0.25, -0.2) is 9.37 Å². The first-order valence-corrected chi connectivity index (χ1v) is 2.49. The highest BCUT2D eigenvalue weighted by Crippen LogP contribution is 2.04. The molecule has 1 radical (unpaired) electrons. The molecule has 41 valence electrons. The lowest BCUT2D eigenvalue weighted by molar-refractivity contribution is 0.589. The molecule has 0 spiro atoms. The minimum Gasteiger partial charge on any atom is -0.242 e. The van der Waals surface area contributed by atoms with Crippen LogP contribution in [0.5, 0.6) is 0 Å². The molecule has 0 aliphatic carbocycles. The number of halogens is 1. The first kappa shape index (κ1) is 5.44. The summed E-state index contributed by atoms with van der Waals surface area (Å²) in [7, 11) is 0. The van der Waals surface area contributed by atoms with Gasteiger partial charge in [0.05, 0.1) is 0 Å². The Morgan fingerprint density at radius 1 is 1.62 bits per heavy atom. The maximum atomic E-state index is 12.2. The second-order valence-electron chi connectivity index (χ2n) is 1.29. The van der Waals surface area contributed by atoms with Crippen LogP contribution >= 0.6 is 12.6 Å². The topological polar surface area (TPSA) is 12.9 Å². The van der Waals surface area contributed by atoms with E-state index in [4.69, 9.17) is 0 Å². The van der Waals surface area contributed by atoms with Gasteiger partial charge in [0, 0.05) is 6.20 Å². The van der Waals surface area contributed by atoms with Gasteiger partial charge in [-0.05, 0) is 12.1 Å². The molecule has 1 nitrogen and oxygen atoms in total. The van der Waals surface area contributed by atoms with Gasteiger partial charge in [0.1, 0.15) is 0 Å². The van der Waals surface area contributed by atoms with Crippen LogP contribution in [0.25, 0.3) is 0 Å². The van der Waals surface area contributed by atoms with E-state index in [0.717, 1.165) is 0 Å². The van der Waals surface area contributed by atoms with E-state index in [1.165, 1.54) is 18.3 Å². The predicted octanol–water partition coefficient (Wildman–Crippen LogP) is 1.78. The summed E-state index contributed by atoms with van der Waals surface area (Å²) in [6, 6.07) is 2.79. The molecule has 8 heavy (non-hydrogen) atoms. The second kappa shape index (κ2) is 2.05. The lowest BCUT2D eigenvalue weighted by Crippen LogP contribution is -1.78. The highest BCUT2D eigenvalue weighted by Gasteiger charge is 1.93. The van der Waals surface area contributed by atoms with E-state index in [2.05, 4.69) is 17.6 Å². The average molecular weight is 128 g/mol. The number of hydrogen-bond acceptors (Lipinski definition) is 1. The van der Waals surface area contributed by atoms with E-state index >= 15 is 0 Å². The molecule has 0 atom stereocenters. The largest absolute Gasteiger partial charge is 0.242 e. The maximum absolute atomic E-state index is 12.2. The zero-order valence-corrected chi connectivity index (χ0v) is 4.78. The van der Waals surface area contributed by atoms with Gasteiger partial charge in [-0.3, -0.25) is 0 Å². The molecule has 0 aliphatic heterocycles. The molecule has 1 aromatic rings. The molecule has 0 amide bonds. The van der Waals surface area contributed by atoms with Crippen LogP contribution in [0.4, 0.5) is 4.39 Å². The summed E-state index contributed by atoms with van der Waals surface area (Å²) in [6.45, 7) is 0. The predicted molar refractivity (Wildman–Crippen MR) is 30.1 cm³/mol. The lowest BCUT2D eigenvalue weighted by atomic mass is 10.5. The van der Waals surface area contributed by atoms with Crippen molar-refractivity contribution < 1.29 is 4.39 Å². The molecule has 0 saturated carbocycles. The SMILES string of the molecule is Fc1cccnc1[S]. The molecule has 0 unspecified atom stereocenters. The van der Waals surface area contributed by atoms with E-state index < -0.39 is 5.82 Å². The summed E-state index contributed by atoms with van der Waals surface area (Å²) in [5, 5.41) is 0.0347. The van der Waals surface area contributed by atoms with Crippen LogP contribution < -0.4 is 0 Å². The number of pyridine rings is 1. The van der Waals surface area contributed by atoms with E-state index in [1.807, 2.05) is 0 Å². The third kappa shape index (κ3) is 0.924. The molecular weight excluding hydrogens is 125 g/mol. The van der Waals surface area contributed by atoms with Gasteiger partial charge in [0.2, 0.25) is 0 Å². The molecule has 0 saturated heterocycles. The fourth-order valence-electron chi connectivity index (χ4n) is 0.371. The minimum atomic E-state index is -0.428. The smallest absolute Gasteiger partial charge is 0.161 e. The Labute approximate surface area is 52.0 Å². The fraction of sp³-hybridized carbons (Fsp3) is 0. The summed E-state index contributed by atoms with van der Waals surface area (Å²) >= 11 is 4.47. The first-order chi connectivity index (χ1) is 3.80. The Kier molecular flexibility index (Phi) is 1.39. The number of hydrogen-bond donors (Lipinski definition) is 0. The van der Waals surface area contributed by atoms with Gasteiger partial charge < -0.3 is 0 Å². The first-order valence-electron chi connectivity index (χ1n) is 2.08. The van der Waals surface area contributed by atoms with E-state index in [-0.39, 0.29) is 5.03 Å². The molecule has 1 rings (SSSR count). The standard InChI is InChI=1S/C5H3FNS/c6-4-2-1-3-7-5(4)8/h1-3H. The van der Waals surface area contributed by atoms with Crippen LogP contribution in [0, 0.1) is 5.82 Å². The highest BCUT2D eigenvalue weighted by atomic mass is 32.1. The number of nitrogens with zero attached hydrogens (tertiary/aromatic N) is 1. The molecule has 0 bridgehead atoms. The summed E-state index contributed by atoms with van der Waals surface area (Å²) in [4.78, 5) is 3.52. The lowest BCUT2D eigenvalue weighted by Gasteiger charge is -1.86. The van der Waals surface area contributed by atoms with Crippen molar-refractivity contribution in [1.82, 2.24) is 4.98 Å². The van der Waals surface area contributed by atoms with Crippen molar-refractivity contribution in [3.05, 3.63) is 24.1 Å². The van der Waals surface area contributed by atoms with Crippen LogP contribution in [0.15, 0.2) is 23.4 Å². The molecule has 1 aromatic heterocycles. The third-order valence-corrected chi connectivity index (χ3v) is 1.03. The van der Waals surface area contributed by atoms with Crippen molar-refractivity contribution in [3.8, 4) is 0 Å². The summed E-state index contributed by atoms with van der Waals surface area (Å²) < 4.78 is 12.2. The molecule has 3 heteroatoms. The molecule has 0 aliphatic rings. The Morgan fingerprint density at radius 2 is 2.38 bits per heavy atom. The zero-order chi connectivity index (χ0) is 5.98. The van der Waals surface area contributed by atoms with Gasteiger partial charge in [-0.15, -0.1) is 0 Å². The van der Waals surface area contributed by atoms with Crippen molar-refractivity contribution in [3.63, 3.8) is 0 Å². The quantitative estimate of drug-likeness (QED) is 0.519. The summed E-state index contributed by atoms with van der Waals surface area (Å²) in [5.74, 6) is -0.428. The molecular formula is C5H3FNS. The van der Waals surface area contributed by atoms with Crippen LogP contribution in [-0.4, -0.2) is 4.98 Å². The minimum absolute atomic E-state index is 0.0347. The van der Waals surface area contributed by atoms with E-state index in [9.17, 15) is 4.39 Å². The van der Waals surface area contributed by atoms with Crippen LogP contribution in [0.3, 0.4) is 0 Å². The number of rotatable bonds is 0. The molecule has 0 N–H and O–H groups in total. The summed E-state index contributed by atoms with van der Waals surface area (Å²) in [5.41, 5.74) is 0. The molecule has 0 fully saturated rings. The average Bonchev–Trinajstić information content (AvgIpc) is 1.77.